The van der Waals surface area contributed by atoms with Gasteiger partial charge >= 0.3 is 6.09 Å². The van der Waals surface area contributed by atoms with Gasteiger partial charge in [-0.05, 0) is 127 Å². The fraction of sp³-hybridized carbons (Fsp3) is 0.381. The number of alkyl carbamates (subject to hydrolysis) is 1. The van der Waals surface area contributed by atoms with Gasteiger partial charge < -0.3 is 28.8 Å². The van der Waals surface area contributed by atoms with Crippen molar-refractivity contribution in [3.63, 3.8) is 0 Å². The lowest BCUT2D eigenvalue weighted by atomic mass is 10.2. The van der Waals surface area contributed by atoms with Gasteiger partial charge in [-0.1, -0.05) is 36.4 Å². The average molecular weight is 987 g/mol. The van der Waals surface area contributed by atoms with Crippen molar-refractivity contribution in [3.05, 3.63) is 105 Å². The molecule has 1 saturated heterocycles. The first-order chi connectivity index (χ1) is 29.1. The van der Waals surface area contributed by atoms with Crippen LogP contribution in [0, 0.1) is 3.57 Å². The Kier molecular flexibility index (Phi) is 15.5. The van der Waals surface area contributed by atoms with Gasteiger partial charge in [0.1, 0.15) is 22.8 Å². The predicted octanol–water partition coefficient (Wildman–Crippen LogP) is 5.62. The van der Waals surface area contributed by atoms with E-state index in [1.807, 2.05) is 48.5 Å². The highest BCUT2D eigenvalue weighted by atomic mass is 127. The van der Waals surface area contributed by atoms with Crippen LogP contribution in [-0.4, -0.2) is 108 Å². The molecule has 16 nitrogen and oxygen atoms in total. The first kappa shape index (κ1) is 46.0. The zero-order valence-electron chi connectivity index (χ0n) is 35.0. The minimum atomic E-state index is -4.50. The second-order valence-electron chi connectivity index (χ2n) is 15.3. The van der Waals surface area contributed by atoms with E-state index in [4.69, 9.17) is 18.9 Å². The number of methoxy groups -OCH3 is 3. The van der Waals surface area contributed by atoms with Crippen LogP contribution in [0.4, 0.5) is 4.79 Å². The van der Waals surface area contributed by atoms with Crippen LogP contribution in [0.25, 0.3) is 11.4 Å². The topological polar surface area (TPSA) is 185 Å². The van der Waals surface area contributed by atoms with Crippen molar-refractivity contribution < 1.29 is 36.7 Å². The van der Waals surface area contributed by atoms with E-state index in [1.54, 1.807) is 78.5 Å². The third-order valence-electron chi connectivity index (χ3n) is 9.71. The number of nitrogens with zero attached hydrogens (tertiary/aromatic N) is 6. The molecule has 0 saturated carbocycles. The van der Waals surface area contributed by atoms with Gasteiger partial charge in [0.25, 0.3) is 0 Å². The van der Waals surface area contributed by atoms with Gasteiger partial charge in [0.05, 0.1) is 50.8 Å². The summed E-state index contributed by atoms with van der Waals surface area (Å²) in [4.78, 5) is 15.6. The molecule has 1 fully saturated rings. The number of rotatable bonds is 18. The summed E-state index contributed by atoms with van der Waals surface area (Å²) in [5, 5.41) is 16.1. The van der Waals surface area contributed by atoms with E-state index in [0.29, 0.717) is 64.5 Å². The molecule has 0 radical (unpaired) electrons. The first-order valence-corrected chi connectivity index (χ1v) is 23.2. The van der Waals surface area contributed by atoms with Crippen molar-refractivity contribution >= 4 is 50.1 Å². The van der Waals surface area contributed by atoms with Crippen LogP contribution in [-0.2, 0) is 45.8 Å². The number of likely N-dealkylation sites (tertiary alicyclic amines) is 1. The van der Waals surface area contributed by atoms with E-state index in [2.05, 4.69) is 52.9 Å². The van der Waals surface area contributed by atoms with Gasteiger partial charge in [-0.3, -0.25) is 4.90 Å². The Morgan fingerprint density at radius 2 is 1.44 bits per heavy atom. The Balaban J connectivity index is 1.35. The fourth-order valence-electron chi connectivity index (χ4n) is 6.66. The number of hydrogen-bond acceptors (Lipinski definition) is 13. The molecule has 326 valence electrons. The van der Waals surface area contributed by atoms with E-state index in [1.165, 1.54) is 9.10 Å². The quantitative estimate of drug-likeness (QED) is 0.0816. The highest BCUT2D eigenvalue weighted by Gasteiger charge is 2.39. The number of aromatic nitrogens is 4. The number of hydrogen-bond donors (Lipinski definition) is 2. The predicted molar refractivity (Wildman–Crippen MR) is 239 cm³/mol. The number of tetrazole rings is 1. The van der Waals surface area contributed by atoms with Gasteiger partial charge in [0, 0.05) is 36.3 Å². The summed E-state index contributed by atoms with van der Waals surface area (Å²) >= 11 is 0.0546. The van der Waals surface area contributed by atoms with Gasteiger partial charge in [-0.15, -0.1) is 14.9 Å². The molecule has 2 N–H and O–H groups in total. The number of benzene rings is 4. The number of amides is 1. The maximum absolute atomic E-state index is 15.5. The molecule has 1 amide bonds. The summed E-state index contributed by atoms with van der Waals surface area (Å²) in [7, 11) is 0.227. The number of carbonyl (C=O) groups excluding carboxylic acids is 1. The number of nitrogens with one attached hydrogen (secondary N) is 2. The van der Waals surface area contributed by atoms with Gasteiger partial charge in [0.2, 0.25) is 15.8 Å². The highest BCUT2D eigenvalue weighted by molar-refractivity contribution is 14.1. The Morgan fingerprint density at radius 1 is 0.885 bits per heavy atom. The monoisotopic (exact) mass is 986 g/mol. The van der Waals surface area contributed by atoms with Crippen molar-refractivity contribution in [2.75, 3.05) is 47.5 Å². The largest absolute Gasteiger partial charge is 0.593 e. The molecule has 1 aliphatic rings. The molecule has 61 heavy (non-hydrogen) atoms. The molecule has 0 aliphatic carbocycles. The van der Waals surface area contributed by atoms with E-state index < -0.39 is 33.1 Å². The van der Waals surface area contributed by atoms with Gasteiger partial charge in [0.15, 0.2) is 9.79 Å². The average Bonchev–Trinajstić information content (AvgIpc) is 3.89. The van der Waals surface area contributed by atoms with E-state index in [0.717, 1.165) is 5.56 Å². The van der Waals surface area contributed by atoms with Crippen molar-refractivity contribution in [1.29, 1.82) is 0 Å². The Morgan fingerprint density at radius 3 is 1.98 bits per heavy atom. The van der Waals surface area contributed by atoms with Crippen molar-refractivity contribution in [1.82, 2.24) is 39.5 Å². The molecule has 19 heteroatoms. The smallest absolute Gasteiger partial charge is 0.407 e. The normalized spacial score (nSPS) is 15.1. The number of carbonyl (C=O) groups is 1. The summed E-state index contributed by atoms with van der Waals surface area (Å²) < 4.78 is 72.1. The van der Waals surface area contributed by atoms with E-state index in [9.17, 15) is 9.35 Å². The molecule has 4 aromatic carbocycles. The molecule has 1 aromatic heterocycles. The number of halogens is 1. The summed E-state index contributed by atoms with van der Waals surface area (Å²) in [6.07, 6.45) is 0.161. The molecular weight excluding hydrogens is 936 g/mol. The third-order valence-corrected chi connectivity index (χ3v) is 13.9. The highest BCUT2D eigenvalue weighted by Crippen LogP contribution is 2.38. The van der Waals surface area contributed by atoms with Crippen molar-refractivity contribution in [2.24, 2.45) is 0 Å². The zero-order chi connectivity index (χ0) is 43.7. The lowest BCUT2D eigenvalue weighted by molar-refractivity contribution is 0.0523. The van der Waals surface area contributed by atoms with Crippen molar-refractivity contribution in [3.8, 4) is 28.6 Å². The first-order valence-electron chi connectivity index (χ1n) is 19.5. The fourth-order valence-corrected chi connectivity index (χ4v) is 10.8. The number of sulfonamides is 1. The van der Waals surface area contributed by atoms with E-state index in [-0.39, 0.29) is 46.9 Å². The molecule has 2 atom stereocenters. The van der Waals surface area contributed by atoms with Crippen LogP contribution in [0.3, 0.4) is 0 Å². The minimum Gasteiger partial charge on any atom is -0.593 e. The molecule has 5 aromatic rings. The summed E-state index contributed by atoms with van der Waals surface area (Å²) in [5.41, 5.74) is 1.88. The van der Waals surface area contributed by atoms with Gasteiger partial charge in [-0.2, -0.15) is 9.10 Å². The SMILES string of the molecule is COc1ccc(CN(Cc2ccc(OC)cc2)S(=O)(=O)c2c([S+]([O-])N[C@@H]3CCN(CCNC(=O)OC(C)(C)C)C3)ccc(I)c2-c2nnn(Cc3ccc(OC)cc3)n2)cc1. The second-order valence-corrected chi connectivity index (χ2v) is 19.6. The molecule has 1 unspecified atom stereocenters. The van der Waals surface area contributed by atoms with Crippen LogP contribution in [0.15, 0.2) is 94.7 Å². The minimum absolute atomic E-state index is 0.0186. The molecule has 2 heterocycles. The molecule has 0 bridgehead atoms. The second kappa shape index (κ2) is 20.6. The maximum atomic E-state index is 15.5. The zero-order valence-corrected chi connectivity index (χ0v) is 38.8. The standard InChI is InChI=1S/C42H51IN8O8S2/c1-42(2,3)59-41(52)44-22-24-49-23-21-32(28-49)47-60(53)37-20-19-36(43)38(40-45-48-51(46-40)27-31-11-17-35(58-6)18-12-31)39(37)61(54,55)50(25-29-7-13-33(56-4)14-8-29)26-30-9-15-34(57-5)16-10-30/h7-20,32,47H,21-28H2,1-6H3,(H,44,52)/t32-,60?/m1/s1. The lowest BCUT2D eigenvalue weighted by Gasteiger charge is -2.26. The third kappa shape index (κ3) is 12.3. The molecular formula is C42H51IN8O8S2. The van der Waals surface area contributed by atoms with Gasteiger partial charge in [-0.25, -0.2) is 13.2 Å². The lowest BCUT2D eigenvalue weighted by Crippen LogP contribution is -2.40. The van der Waals surface area contributed by atoms with Crippen LogP contribution in [0.2, 0.25) is 0 Å². The van der Waals surface area contributed by atoms with Crippen LogP contribution < -0.4 is 24.2 Å². The van der Waals surface area contributed by atoms with E-state index >= 15 is 8.42 Å². The molecule has 0 spiro atoms. The Hall–Kier alpha value is -4.51. The molecule has 1 aliphatic heterocycles. The summed E-state index contributed by atoms with van der Waals surface area (Å²) in [6.45, 7) is 7.79. The number of ether oxygens (including phenoxy) is 4. The van der Waals surface area contributed by atoms with Crippen LogP contribution in [0.1, 0.15) is 43.9 Å². The maximum Gasteiger partial charge on any atom is 0.407 e. The van der Waals surface area contributed by atoms with Crippen LogP contribution in [0.5, 0.6) is 17.2 Å². The summed E-state index contributed by atoms with van der Waals surface area (Å²) in [6, 6.07) is 24.8. The Labute approximate surface area is 373 Å². The van der Waals surface area contributed by atoms with Crippen LogP contribution >= 0.6 is 22.6 Å². The Bertz CT molecular complexity index is 2300. The molecule has 6 rings (SSSR count). The van der Waals surface area contributed by atoms with Crippen molar-refractivity contribution in [2.45, 2.75) is 68.3 Å². The summed E-state index contributed by atoms with van der Waals surface area (Å²) in [5.74, 6) is 2.03.